The standard InChI is InChI=1S/C21H34N4O.HI/c1-4-22-21(23-12-17(3)18-8-5-7-16(2)11-18)24-13-20-14-25-10-6-9-19(25)15-26-20;/h5,7-8,11,17,19-20H,4,6,9-10,12-15H2,1-3H3,(H2,22,23,24);1H. The number of rotatable bonds is 6. The summed E-state index contributed by atoms with van der Waals surface area (Å²) in [5.74, 6) is 1.29. The van der Waals surface area contributed by atoms with Crippen molar-refractivity contribution in [1.82, 2.24) is 15.5 Å². The van der Waals surface area contributed by atoms with Gasteiger partial charge >= 0.3 is 0 Å². The van der Waals surface area contributed by atoms with Gasteiger partial charge in [-0.15, -0.1) is 24.0 Å². The zero-order valence-corrected chi connectivity index (χ0v) is 19.2. The first-order valence-corrected chi connectivity index (χ1v) is 10.1. The number of ether oxygens (including phenoxy) is 1. The highest BCUT2D eigenvalue weighted by Gasteiger charge is 2.32. The highest BCUT2D eigenvalue weighted by Crippen LogP contribution is 2.22. The molecule has 27 heavy (non-hydrogen) atoms. The van der Waals surface area contributed by atoms with Crippen molar-refractivity contribution < 1.29 is 4.74 Å². The molecule has 1 aromatic rings. The molecule has 3 atom stereocenters. The summed E-state index contributed by atoms with van der Waals surface area (Å²) < 4.78 is 6.04. The van der Waals surface area contributed by atoms with Crippen molar-refractivity contribution in [2.45, 2.75) is 51.7 Å². The Morgan fingerprint density at radius 2 is 2.22 bits per heavy atom. The Morgan fingerprint density at radius 1 is 1.37 bits per heavy atom. The second-order valence-electron chi connectivity index (χ2n) is 7.66. The van der Waals surface area contributed by atoms with Gasteiger partial charge in [0.2, 0.25) is 0 Å². The molecule has 3 unspecified atom stereocenters. The van der Waals surface area contributed by atoms with Crippen molar-refractivity contribution in [3.8, 4) is 0 Å². The number of guanidine groups is 1. The summed E-state index contributed by atoms with van der Waals surface area (Å²) in [6.07, 6.45) is 2.86. The molecule has 0 bridgehead atoms. The van der Waals surface area contributed by atoms with Gasteiger partial charge in [0, 0.05) is 38.1 Å². The lowest BCUT2D eigenvalue weighted by Crippen LogP contribution is -2.51. The number of benzene rings is 1. The first kappa shape index (κ1) is 22.4. The molecule has 5 nitrogen and oxygen atoms in total. The normalized spacial score (nSPS) is 24.0. The van der Waals surface area contributed by atoms with Crippen molar-refractivity contribution in [3.63, 3.8) is 0 Å². The zero-order valence-electron chi connectivity index (χ0n) is 16.9. The van der Waals surface area contributed by atoms with Crippen LogP contribution in [0.3, 0.4) is 0 Å². The van der Waals surface area contributed by atoms with E-state index in [2.05, 4.69) is 60.6 Å². The Morgan fingerprint density at radius 3 is 3.00 bits per heavy atom. The molecule has 2 heterocycles. The quantitative estimate of drug-likeness (QED) is 0.369. The molecule has 2 aliphatic heterocycles. The van der Waals surface area contributed by atoms with E-state index in [-0.39, 0.29) is 30.1 Å². The first-order chi connectivity index (χ1) is 12.7. The monoisotopic (exact) mass is 486 g/mol. The number of nitrogens with zero attached hydrogens (tertiary/aromatic N) is 2. The van der Waals surface area contributed by atoms with Crippen LogP contribution in [0.4, 0.5) is 0 Å². The van der Waals surface area contributed by atoms with Crippen LogP contribution in [-0.4, -0.2) is 62.3 Å². The molecule has 0 spiro atoms. The number of fused-ring (bicyclic) bond motifs is 1. The molecule has 2 aliphatic rings. The molecule has 3 rings (SSSR count). The van der Waals surface area contributed by atoms with Crippen LogP contribution in [0, 0.1) is 6.92 Å². The van der Waals surface area contributed by atoms with Crippen LogP contribution in [0.25, 0.3) is 0 Å². The lowest BCUT2D eigenvalue weighted by molar-refractivity contribution is -0.0453. The van der Waals surface area contributed by atoms with Gasteiger partial charge in [0.25, 0.3) is 0 Å². The lowest BCUT2D eigenvalue weighted by atomic mass is 10.00. The molecule has 152 valence electrons. The van der Waals surface area contributed by atoms with Crippen LogP contribution in [0.2, 0.25) is 0 Å². The topological polar surface area (TPSA) is 48.9 Å². The van der Waals surface area contributed by atoms with E-state index in [1.165, 1.54) is 30.5 Å². The largest absolute Gasteiger partial charge is 0.373 e. The number of hydrogen-bond donors (Lipinski definition) is 2. The van der Waals surface area contributed by atoms with E-state index in [0.717, 1.165) is 38.7 Å². The van der Waals surface area contributed by atoms with Crippen LogP contribution in [0.15, 0.2) is 29.3 Å². The summed E-state index contributed by atoms with van der Waals surface area (Å²) in [4.78, 5) is 7.38. The third-order valence-electron chi connectivity index (χ3n) is 5.44. The third kappa shape index (κ3) is 6.61. The first-order valence-electron chi connectivity index (χ1n) is 10.1. The van der Waals surface area contributed by atoms with Gasteiger partial charge in [0.15, 0.2) is 5.96 Å². The molecule has 2 fully saturated rings. The van der Waals surface area contributed by atoms with Gasteiger partial charge in [-0.25, -0.2) is 0 Å². The summed E-state index contributed by atoms with van der Waals surface area (Å²) in [6.45, 7) is 12.1. The Bertz CT molecular complexity index is 610. The van der Waals surface area contributed by atoms with Crippen LogP contribution in [0.5, 0.6) is 0 Å². The minimum absolute atomic E-state index is 0. The summed E-state index contributed by atoms with van der Waals surface area (Å²) in [7, 11) is 0. The number of halogens is 1. The fraction of sp³-hybridized carbons (Fsp3) is 0.667. The van der Waals surface area contributed by atoms with Gasteiger partial charge in [0.05, 0.1) is 12.7 Å². The number of aryl methyl sites for hydroxylation is 1. The predicted octanol–water partition coefficient (Wildman–Crippen LogP) is 3.13. The highest BCUT2D eigenvalue weighted by atomic mass is 127. The maximum atomic E-state index is 6.04. The minimum atomic E-state index is 0. The Kier molecular flexibility index (Phi) is 9.32. The molecular weight excluding hydrogens is 451 g/mol. The molecule has 1 aromatic carbocycles. The van der Waals surface area contributed by atoms with E-state index in [1.54, 1.807) is 0 Å². The van der Waals surface area contributed by atoms with E-state index in [1.807, 2.05) is 0 Å². The summed E-state index contributed by atoms with van der Waals surface area (Å²) in [5, 5.41) is 6.83. The van der Waals surface area contributed by atoms with Gasteiger partial charge in [-0.05, 0) is 38.8 Å². The van der Waals surface area contributed by atoms with Crippen LogP contribution >= 0.6 is 24.0 Å². The average Bonchev–Trinajstić information content (AvgIpc) is 3.11. The SMILES string of the molecule is CCNC(=NCC(C)c1cccc(C)c1)NCC1CN2CCCC2CO1.I. The minimum Gasteiger partial charge on any atom is -0.373 e. The molecule has 6 heteroatoms. The van der Waals surface area contributed by atoms with Gasteiger partial charge in [-0.2, -0.15) is 0 Å². The van der Waals surface area contributed by atoms with E-state index < -0.39 is 0 Å². The van der Waals surface area contributed by atoms with Crippen molar-refractivity contribution >= 4 is 29.9 Å². The number of aliphatic imine (C=N–C) groups is 1. The second kappa shape index (κ2) is 11.2. The fourth-order valence-electron chi connectivity index (χ4n) is 3.87. The average molecular weight is 486 g/mol. The maximum Gasteiger partial charge on any atom is 0.191 e. The number of morpholine rings is 1. The van der Waals surface area contributed by atoms with Crippen LogP contribution in [-0.2, 0) is 4.74 Å². The predicted molar refractivity (Wildman–Crippen MR) is 123 cm³/mol. The van der Waals surface area contributed by atoms with Crippen molar-refractivity contribution in [2.24, 2.45) is 4.99 Å². The summed E-state index contributed by atoms with van der Waals surface area (Å²) >= 11 is 0. The summed E-state index contributed by atoms with van der Waals surface area (Å²) in [6, 6.07) is 9.36. The van der Waals surface area contributed by atoms with Gasteiger partial charge in [-0.1, -0.05) is 36.8 Å². The van der Waals surface area contributed by atoms with Crippen molar-refractivity contribution in [2.75, 3.05) is 39.3 Å². The van der Waals surface area contributed by atoms with E-state index in [4.69, 9.17) is 9.73 Å². The molecule has 2 saturated heterocycles. The van der Waals surface area contributed by atoms with E-state index >= 15 is 0 Å². The molecule has 0 aliphatic carbocycles. The lowest BCUT2D eigenvalue weighted by Gasteiger charge is -2.35. The van der Waals surface area contributed by atoms with E-state index in [9.17, 15) is 0 Å². The Labute approximate surface area is 181 Å². The van der Waals surface area contributed by atoms with Crippen molar-refractivity contribution in [1.29, 1.82) is 0 Å². The molecule has 0 aromatic heterocycles. The number of nitrogens with one attached hydrogen (secondary N) is 2. The zero-order chi connectivity index (χ0) is 18.4. The second-order valence-corrected chi connectivity index (χ2v) is 7.66. The molecule has 2 N–H and O–H groups in total. The Balaban J connectivity index is 0.00000261. The van der Waals surface area contributed by atoms with Crippen LogP contribution < -0.4 is 10.6 Å². The highest BCUT2D eigenvalue weighted by molar-refractivity contribution is 14.0. The Hall–Kier alpha value is -0.860. The summed E-state index contributed by atoms with van der Waals surface area (Å²) in [5.41, 5.74) is 2.65. The third-order valence-corrected chi connectivity index (χ3v) is 5.44. The maximum absolute atomic E-state index is 6.04. The molecule has 0 saturated carbocycles. The van der Waals surface area contributed by atoms with Gasteiger partial charge in [0.1, 0.15) is 0 Å². The molecule has 0 amide bonds. The number of hydrogen-bond acceptors (Lipinski definition) is 3. The van der Waals surface area contributed by atoms with Crippen molar-refractivity contribution in [3.05, 3.63) is 35.4 Å². The smallest absolute Gasteiger partial charge is 0.191 e. The van der Waals surface area contributed by atoms with Gasteiger partial charge < -0.3 is 15.4 Å². The van der Waals surface area contributed by atoms with Gasteiger partial charge in [-0.3, -0.25) is 9.89 Å². The van der Waals surface area contributed by atoms with Crippen LogP contribution in [0.1, 0.15) is 43.7 Å². The molecule has 0 radical (unpaired) electrons. The molecular formula is C21H35IN4O. The van der Waals surface area contributed by atoms with E-state index in [0.29, 0.717) is 12.0 Å². The fourth-order valence-corrected chi connectivity index (χ4v) is 3.87.